The van der Waals surface area contributed by atoms with Gasteiger partial charge in [-0.1, -0.05) is 25.1 Å². The van der Waals surface area contributed by atoms with E-state index in [4.69, 9.17) is 10.8 Å². The van der Waals surface area contributed by atoms with Crippen molar-refractivity contribution in [3.05, 3.63) is 40.6 Å². The Morgan fingerprint density at radius 2 is 2.29 bits per heavy atom. The number of aryl methyl sites for hydroxylation is 1. The van der Waals surface area contributed by atoms with Crippen LogP contribution in [0, 0.1) is 0 Å². The van der Waals surface area contributed by atoms with E-state index in [1.165, 1.54) is 5.56 Å². The standard InChI is InChI=1S/C16H20N4O/c1-3-10-5-4-6-11-14(16(21)19-17)12-9-20(2)8-7-13(12)18-15(10)11/h4-6H,3,7-9,17H2,1-2H3,(H,19,21). The minimum absolute atomic E-state index is 0.234. The number of amides is 1. The molecule has 0 fully saturated rings. The summed E-state index contributed by atoms with van der Waals surface area (Å²) < 4.78 is 0. The third-order valence-electron chi connectivity index (χ3n) is 4.18. The van der Waals surface area contributed by atoms with E-state index in [9.17, 15) is 4.79 Å². The number of carbonyl (C=O) groups is 1. The minimum atomic E-state index is -0.234. The smallest absolute Gasteiger partial charge is 0.266 e. The van der Waals surface area contributed by atoms with Crippen molar-refractivity contribution in [3.8, 4) is 0 Å². The number of benzene rings is 1. The summed E-state index contributed by atoms with van der Waals surface area (Å²) in [6.07, 6.45) is 1.76. The van der Waals surface area contributed by atoms with E-state index in [1.807, 2.05) is 12.1 Å². The lowest BCUT2D eigenvalue weighted by atomic mass is 9.94. The normalized spacial score (nSPS) is 15.0. The Bertz CT molecular complexity index is 711. The van der Waals surface area contributed by atoms with Gasteiger partial charge >= 0.3 is 0 Å². The highest BCUT2D eigenvalue weighted by molar-refractivity contribution is 6.08. The van der Waals surface area contributed by atoms with Crippen LogP contribution in [0.5, 0.6) is 0 Å². The zero-order valence-electron chi connectivity index (χ0n) is 12.4. The summed E-state index contributed by atoms with van der Waals surface area (Å²) >= 11 is 0. The van der Waals surface area contributed by atoms with Crippen LogP contribution in [0.15, 0.2) is 18.2 Å². The molecule has 3 N–H and O–H groups in total. The molecule has 1 aromatic heterocycles. The first-order valence-electron chi connectivity index (χ1n) is 7.28. The number of aromatic nitrogens is 1. The van der Waals surface area contributed by atoms with Crippen LogP contribution in [0.1, 0.15) is 34.1 Å². The number of hydrogen-bond donors (Lipinski definition) is 2. The van der Waals surface area contributed by atoms with Gasteiger partial charge in [0.25, 0.3) is 5.91 Å². The molecule has 0 spiro atoms. The second-order valence-corrected chi connectivity index (χ2v) is 5.54. The Kier molecular flexibility index (Phi) is 3.61. The monoisotopic (exact) mass is 284 g/mol. The lowest BCUT2D eigenvalue weighted by Gasteiger charge is -2.27. The molecule has 0 radical (unpaired) electrons. The highest BCUT2D eigenvalue weighted by atomic mass is 16.2. The Morgan fingerprint density at radius 3 is 3.00 bits per heavy atom. The number of rotatable bonds is 2. The van der Waals surface area contributed by atoms with Crippen molar-refractivity contribution < 1.29 is 4.79 Å². The van der Waals surface area contributed by atoms with Gasteiger partial charge in [-0.15, -0.1) is 0 Å². The van der Waals surface area contributed by atoms with Crippen molar-refractivity contribution in [2.75, 3.05) is 13.6 Å². The van der Waals surface area contributed by atoms with Crippen molar-refractivity contribution in [1.29, 1.82) is 0 Å². The van der Waals surface area contributed by atoms with E-state index in [0.717, 1.165) is 48.1 Å². The lowest BCUT2D eigenvalue weighted by molar-refractivity contribution is 0.0953. The minimum Gasteiger partial charge on any atom is -0.302 e. The van der Waals surface area contributed by atoms with Crippen LogP contribution in [0.25, 0.3) is 10.9 Å². The molecule has 0 saturated carbocycles. The number of hydrazine groups is 1. The summed E-state index contributed by atoms with van der Waals surface area (Å²) in [6.45, 7) is 3.80. The van der Waals surface area contributed by atoms with Crippen LogP contribution in [0.2, 0.25) is 0 Å². The summed E-state index contributed by atoms with van der Waals surface area (Å²) in [5, 5.41) is 0.895. The van der Waals surface area contributed by atoms with Gasteiger partial charge in [-0.25, -0.2) is 5.84 Å². The quantitative estimate of drug-likeness (QED) is 0.496. The van der Waals surface area contributed by atoms with Gasteiger partial charge in [0, 0.05) is 36.2 Å². The van der Waals surface area contributed by atoms with Crippen LogP contribution >= 0.6 is 0 Å². The Balaban J connectivity index is 2.36. The molecular weight excluding hydrogens is 264 g/mol. The van der Waals surface area contributed by atoms with Crippen LogP contribution < -0.4 is 11.3 Å². The van der Waals surface area contributed by atoms with Gasteiger partial charge in [-0.3, -0.25) is 15.2 Å². The fourth-order valence-electron chi connectivity index (χ4n) is 3.07. The molecular formula is C16H20N4O. The van der Waals surface area contributed by atoms with Crippen molar-refractivity contribution in [2.24, 2.45) is 5.84 Å². The summed E-state index contributed by atoms with van der Waals surface area (Å²) in [7, 11) is 2.06. The molecule has 1 aliphatic heterocycles. The third kappa shape index (κ3) is 2.28. The molecule has 0 saturated heterocycles. The first-order valence-corrected chi connectivity index (χ1v) is 7.28. The predicted molar refractivity (Wildman–Crippen MR) is 82.8 cm³/mol. The second kappa shape index (κ2) is 5.42. The number of likely N-dealkylation sites (N-methyl/N-ethyl adjacent to an activating group) is 1. The second-order valence-electron chi connectivity index (χ2n) is 5.54. The average Bonchev–Trinajstić information content (AvgIpc) is 2.51. The average molecular weight is 284 g/mol. The number of pyridine rings is 1. The fraction of sp³-hybridized carbons (Fsp3) is 0.375. The van der Waals surface area contributed by atoms with Crippen molar-refractivity contribution in [1.82, 2.24) is 15.3 Å². The van der Waals surface area contributed by atoms with Gasteiger partial charge in [0.2, 0.25) is 0 Å². The van der Waals surface area contributed by atoms with Gasteiger partial charge in [0.05, 0.1) is 11.1 Å². The van der Waals surface area contributed by atoms with E-state index in [-0.39, 0.29) is 5.91 Å². The van der Waals surface area contributed by atoms with Gasteiger partial charge < -0.3 is 4.90 Å². The maximum Gasteiger partial charge on any atom is 0.266 e. The molecule has 21 heavy (non-hydrogen) atoms. The molecule has 3 rings (SSSR count). The molecule has 1 aromatic carbocycles. The van der Waals surface area contributed by atoms with E-state index in [2.05, 4.69) is 30.4 Å². The molecule has 1 amide bonds. The van der Waals surface area contributed by atoms with Gasteiger partial charge in [0.1, 0.15) is 0 Å². The van der Waals surface area contributed by atoms with Crippen molar-refractivity contribution >= 4 is 16.8 Å². The SMILES string of the molecule is CCc1cccc2c(C(=O)NN)c3c(nc12)CCN(C)C3. The van der Waals surface area contributed by atoms with E-state index < -0.39 is 0 Å². The molecule has 1 aliphatic rings. The number of nitrogens with one attached hydrogen (secondary N) is 1. The molecule has 0 bridgehead atoms. The number of carbonyl (C=O) groups excluding carboxylic acids is 1. The maximum atomic E-state index is 12.3. The highest BCUT2D eigenvalue weighted by Crippen LogP contribution is 2.29. The van der Waals surface area contributed by atoms with Gasteiger partial charge in [0.15, 0.2) is 0 Å². The van der Waals surface area contributed by atoms with Crippen molar-refractivity contribution in [2.45, 2.75) is 26.3 Å². The zero-order chi connectivity index (χ0) is 15.0. The predicted octanol–water partition coefficient (Wildman–Crippen LogP) is 1.39. The third-order valence-corrected chi connectivity index (χ3v) is 4.18. The molecule has 0 atom stereocenters. The van der Waals surface area contributed by atoms with Crippen molar-refractivity contribution in [3.63, 3.8) is 0 Å². The molecule has 0 unspecified atom stereocenters. The zero-order valence-corrected chi connectivity index (χ0v) is 12.4. The molecule has 5 heteroatoms. The number of nitrogen functional groups attached to an aromatic ring is 1. The van der Waals surface area contributed by atoms with Gasteiger partial charge in [-0.05, 0) is 19.0 Å². The Hall–Kier alpha value is -1.98. The van der Waals surface area contributed by atoms with Crippen LogP contribution in [0.4, 0.5) is 0 Å². The van der Waals surface area contributed by atoms with E-state index >= 15 is 0 Å². The van der Waals surface area contributed by atoms with Gasteiger partial charge in [-0.2, -0.15) is 0 Å². The number of nitrogens with zero attached hydrogens (tertiary/aromatic N) is 2. The largest absolute Gasteiger partial charge is 0.302 e. The molecule has 2 aromatic rings. The number of nitrogens with two attached hydrogens (primary N) is 1. The lowest BCUT2D eigenvalue weighted by Crippen LogP contribution is -2.34. The topological polar surface area (TPSA) is 71.2 Å². The molecule has 110 valence electrons. The van der Waals surface area contributed by atoms with Crippen LogP contribution in [-0.4, -0.2) is 29.4 Å². The fourth-order valence-corrected chi connectivity index (χ4v) is 3.07. The summed E-state index contributed by atoms with van der Waals surface area (Å²) in [6, 6.07) is 6.01. The Labute approximate surface area is 124 Å². The first kappa shape index (κ1) is 14.0. The number of para-hydroxylation sites is 1. The molecule has 2 heterocycles. The number of hydrogen-bond acceptors (Lipinski definition) is 4. The first-order chi connectivity index (χ1) is 10.2. The highest BCUT2D eigenvalue weighted by Gasteiger charge is 2.24. The maximum absolute atomic E-state index is 12.3. The Morgan fingerprint density at radius 1 is 1.48 bits per heavy atom. The molecule has 5 nitrogen and oxygen atoms in total. The summed E-state index contributed by atoms with van der Waals surface area (Å²) in [5.74, 6) is 5.17. The summed E-state index contributed by atoms with van der Waals surface area (Å²) in [5.41, 5.74) is 7.10. The van der Waals surface area contributed by atoms with Crippen LogP contribution in [0.3, 0.4) is 0 Å². The van der Waals surface area contributed by atoms with Crippen LogP contribution in [-0.2, 0) is 19.4 Å². The summed E-state index contributed by atoms with van der Waals surface area (Å²) in [4.78, 5) is 19.4. The molecule has 0 aliphatic carbocycles. The van der Waals surface area contributed by atoms with E-state index in [0.29, 0.717) is 5.56 Å². The van der Waals surface area contributed by atoms with E-state index in [1.54, 1.807) is 0 Å². The number of fused-ring (bicyclic) bond motifs is 2.